The molecule has 7 heteroatoms. The van der Waals surface area contributed by atoms with Crippen LogP contribution in [0.3, 0.4) is 0 Å². The van der Waals surface area contributed by atoms with Crippen molar-refractivity contribution >= 4 is 0 Å². The van der Waals surface area contributed by atoms with Crippen molar-refractivity contribution in [3.8, 4) is 0 Å². The standard InChI is InChI=1S/C4H8N2O5/c1-2-3-4(5(7)8)11-6(9)10/h4H,2-3H2,1H3. The van der Waals surface area contributed by atoms with E-state index in [4.69, 9.17) is 0 Å². The highest BCUT2D eigenvalue weighted by atomic mass is 17.0. The van der Waals surface area contributed by atoms with Crippen molar-refractivity contribution in [2.45, 2.75) is 26.0 Å². The zero-order chi connectivity index (χ0) is 8.85. The molecular formula is C4H8N2O5. The third-order valence-electron chi connectivity index (χ3n) is 0.979. The maximum absolute atomic E-state index is 10.0. The van der Waals surface area contributed by atoms with E-state index in [1.807, 2.05) is 0 Å². The monoisotopic (exact) mass is 164 g/mol. The fourth-order valence-electron chi connectivity index (χ4n) is 0.543. The summed E-state index contributed by atoms with van der Waals surface area (Å²) in [6.45, 7) is 1.68. The van der Waals surface area contributed by atoms with Gasteiger partial charge in [-0.25, -0.2) is 4.84 Å². The summed E-state index contributed by atoms with van der Waals surface area (Å²) >= 11 is 0. The Morgan fingerprint density at radius 1 is 1.45 bits per heavy atom. The summed E-state index contributed by atoms with van der Waals surface area (Å²) < 4.78 is 0. The van der Waals surface area contributed by atoms with Crippen molar-refractivity contribution < 1.29 is 14.8 Å². The van der Waals surface area contributed by atoms with Gasteiger partial charge in [0.1, 0.15) is 0 Å². The predicted molar refractivity (Wildman–Crippen MR) is 33.8 cm³/mol. The summed E-state index contributed by atoms with van der Waals surface area (Å²) in [5.74, 6) is 0. The highest BCUT2D eigenvalue weighted by molar-refractivity contribution is 4.37. The van der Waals surface area contributed by atoms with Crippen LogP contribution in [0, 0.1) is 20.2 Å². The van der Waals surface area contributed by atoms with Gasteiger partial charge in [0.25, 0.3) is 0 Å². The van der Waals surface area contributed by atoms with Crippen molar-refractivity contribution in [1.29, 1.82) is 0 Å². The molecule has 0 amide bonds. The van der Waals surface area contributed by atoms with Crippen LogP contribution in [-0.4, -0.2) is 16.2 Å². The minimum atomic E-state index is -1.52. The lowest BCUT2D eigenvalue weighted by atomic mass is 10.3. The Balaban J connectivity index is 3.89. The Bertz CT molecular complexity index is 159. The van der Waals surface area contributed by atoms with Crippen molar-refractivity contribution in [2.75, 3.05) is 0 Å². The molecule has 0 fully saturated rings. The van der Waals surface area contributed by atoms with E-state index in [9.17, 15) is 20.2 Å². The topological polar surface area (TPSA) is 95.5 Å². The molecule has 0 aliphatic carbocycles. The molecule has 0 aromatic rings. The molecule has 0 rings (SSSR count). The first-order valence-corrected chi connectivity index (χ1v) is 3.02. The summed E-state index contributed by atoms with van der Waals surface area (Å²) in [6, 6.07) is 0. The average molecular weight is 164 g/mol. The zero-order valence-corrected chi connectivity index (χ0v) is 5.93. The molecule has 1 atom stereocenters. The van der Waals surface area contributed by atoms with Gasteiger partial charge in [-0.05, 0) is 6.42 Å². The van der Waals surface area contributed by atoms with Crippen LogP contribution >= 0.6 is 0 Å². The maximum atomic E-state index is 10.0. The second kappa shape index (κ2) is 4.42. The van der Waals surface area contributed by atoms with Crippen LogP contribution in [0.15, 0.2) is 0 Å². The van der Waals surface area contributed by atoms with Gasteiger partial charge in [0.15, 0.2) is 0 Å². The van der Waals surface area contributed by atoms with Gasteiger partial charge >= 0.3 is 11.3 Å². The zero-order valence-electron chi connectivity index (χ0n) is 5.93. The normalized spacial score (nSPS) is 12.1. The van der Waals surface area contributed by atoms with E-state index in [0.29, 0.717) is 6.42 Å². The molecule has 0 N–H and O–H groups in total. The van der Waals surface area contributed by atoms with E-state index in [1.54, 1.807) is 6.92 Å². The lowest BCUT2D eigenvalue weighted by molar-refractivity contribution is -0.826. The number of hydrogen-bond acceptors (Lipinski definition) is 5. The highest BCUT2D eigenvalue weighted by Gasteiger charge is 2.22. The summed E-state index contributed by atoms with van der Waals surface area (Å²) in [5.41, 5.74) is 0. The van der Waals surface area contributed by atoms with E-state index in [-0.39, 0.29) is 6.42 Å². The lowest BCUT2D eigenvalue weighted by Gasteiger charge is -2.03. The van der Waals surface area contributed by atoms with E-state index in [0.717, 1.165) is 0 Å². The molecule has 0 aliphatic rings. The molecule has 0 saturated carbocycles. The largest absolute Gasteiger partial charge is 0.355 e. The molecule has 7 nitrogen and oxygen atoms in total. The summed E-state index contributed by atoms with van der Waals surface area (Å²) in [7, 11) is 0. The number of nitro groups is 1. The second-order valence-corrected chi connectivity index (χ2v) is 1.86. The molecule has 0 aromatic heterocycles. The first kappa shape index (κ1) is 9.60. The molecule has 1 unspecified atom stereocenters. The smallest absolute Gasteiger partial charge is 0.262 e. The van der Waals surface area contributed by atoms with Crippen molar-refractivity contribution in [2.24, 2.45) is 0 Å². The Morgan fingerprint density at radius 2 is 2.00 bits per heavy atom. The molecule has 64 valence electrons. The first-order chi connectivity index (χ1) is 5.07. The van der Waals surface area contributed by atoms with Gasteiger partial charge in [-0.3, -0.25) is 10.1 Å². The van der Waals surface area contributed by atoms with Gasteiger partial charge in [-0.15, -0.1) is 10.1 Å². The first-order valence-electron chi connectivity index (χ1n) is 3.02. The Labute approximate surface area is 62.2 Å². The Morgan fingerprint density at radius 3 is 2.27 bits per heavy atom. The summed E-state index contributed by atoms with van der Waals surface area (Å²) in [4.78, 5) is 22.6. The van der Waals surface area contributed by atoms with E-state index in [1.165, 1.54) is 0 Å². The van der Waals surface area contributed by atoms with Crippen LogP contribution in [0.5, 0.6) is 0 Å². The van der Waals surface area contributed by atoms with Gasteiger partial charge in [0, 0.05) is 6.42 Å². The van der Waals surface area contributed by atoms with Crippen LogP contribution in [0.4, 0.5) is 0 Å². The third kappa shape index (κ3) is 4.06. The SMILES string of the molecule is CCCC(O[N+](=O)[O-])[N+](=O)[O-]. The molecule has 11 heavy (non-hydrogen) atoms. The van der Waals surface area contributed by atoms with Gasteiger partial charge in [-0.2, -0.15) is 0 Å². The van der Waals surface area contributed by atoms with Gasteiger partial charge in [0.05, 0.1) is 4.92 Å². The predicted octanol–water partition coefficient (Wildman–Crippen LogP) is 0.598. The molecule has 0 radical (unpaired) electrons. The average Bonchev–Trinajstić information content (AvgIpc) is 1.86. The lowest BCUT2D eigenvalue weighted by Crippen LogP contribution is -2.25. The van der Waals surface area contributed by atoms with Crippen LogP contribution in [0.25, 0.3) is 0 Å². The second-order valence-electron chi connectivity index (χ2n) is 1.86. The number of rotatable bonds is 5. The fourth-order valence-corrected chi connectivity index (χ4v) is 0.543. The maximum Gasteiger partial charge on any atom is 0.355 e. The van der Waals surface area contributed by atoms with Crippen LogP contribution < -0.4 is 0 Å². The van der Waals surface area contributed by atoms with Crippen molar-refractivity contribution in [1.82, 2.24) is 0 Å². The Kier molecular flexibility index (Phi) is 3.86. The van der Waals surface area contributed by atoms with Crippen LogP contribution in [0.1, 0.15) is 19.8 Å². The van der Waals surface area contributed by atoms with Crippen molar-refractivity contribution in [3.05, 3.63) is 20.2 Å². The minimum Gasteiger partial charge on any atom is -0.262 e. The minimum absolute atomic E-state index is 0.0496. The molecule has 0 heterocycles. The molecule has 0 aliphatic heterocycles. The quantitative estimate of drug-likeness (QED) is 0.336. The highest BCUT2D eigenvalue weighted by Crippen LogP contribution is 2.02. The summed E-state index contributed by atoms with van der Waals surface area (Å²) in [5, 5.41) is 18.5. The van der Waals surface area contributed by atoms with Crippen LogP contribution in [-0.2, 0) is 4.84 Å². The summed E-state index contributed by atoms with van der Waals surface area (Å²) in [6.07, 6.45) is -0.997. The number of nitrogens with zero attached hydrogens (tertiary/aromatic N) is 2. The van der Waals surface area contributed by atoms with E-state index in [2.05, 4.69) is 4.84 Å². The van der Waals surface area contributed by atoms with Crippen molar-refractivity contribution in [3.63, 3.8) is 0 Å². The molecule has 0 bridgehead atoms. The van der Waals surface area contributed by atoms with E-state index < -0.39 is 16.2 Å². The molecule has 0 spiro atoms. The van der Waals surface area contributed by atoms with E-state index >= 15 is 0 Å². The van der Waals surface area contributed by atoms with Gasteiger partial charge in [0.2, 0.25) is 0 Å². The molecular weight excluding hydrogens is 156 g/mol. The van der Waals surface area contributed by atoms with Crippen LogP contribution in [0.2, 0.25) is 0 Å². The van der Waals surface area contributed by atoms with Gasteiger partial charge in [-0.1, -0.05) is 6.92 Å². The fraction of sp³-hybridized carbons (Fsp3) is 1.00. The molecule has 0 aromatic carbocycles. The number of hydrogen-bond donors (Lipinski definition) is 0. The third-order valence-corrected chi connectivity index (χ3v) is 0.979. The Hall–Kier alpha value is -1.40. The molecule has 0 saturated heterocycles. The van der Waals surface area contributed by atoms with Gasteiger partial charge < -0.3 is 0 Å².